The van der Waals surface area contributed by atoms with E-state index in [9.17, 15) is 9.59 Å². The first-order chi connectivity index (χ1) is 17.4. The fraction of sp³-hybridized carbons (Fsp3) is 0.226. The van der Waals surface area contributed by atoms with Crippen molar-refractivity contribution in [2.24, 2.45) is 23.7 Å². The van der Waals surface area contributed by atoms with E-state index in [1.54, 1.807) is 18.2 Å². The first kappa shape index (κ1) is 22.8. The van der Waals surface area contributed by atoms with Gasteiger partial charge in [-0.1, -0.05) is 83.4 Å². The minimum atomic E-state index is -0.433. The molecule has 5 heteroatoms. The van der Waals surface area contributed by atoms with Crippen LogP contribution in [0.25, 0.3) is 5.57 Å². The summed E-state index contributed by atoms with van der Waals surface area (Å²) < 4.78 is 5.47. The van der Waals surface area contributed by atoms with Crippen LogP contribution in [-0.4, -0.2) is 18.9 Å². The van der Waals surface area contributed by atoms with Gasteiger partial charge in [-0.25, -0.2) is 4.90 Å². The summed E-state index contributed by atoms with van der Waals surface area (Å²) in [6.07, 6.45) is 4.24. The number of carbonyl (C=O) groups excluding carboxylic acids is 2. The third-order valence-electron chi connectivity index (χ3n) is 7.77. The van der Waals surface area contributed by atoms with Crippen molar-refractivity contribution in [2.75, 3.05) is 12.0 Å². The number of halogens is 1. The molecular formula is C31H26ClNO3. The molecule has 3 aromatic rings. The first-order valence-corrected chi connectivity index (χ1v) is 12.5. The largest absolute Gasteiger partial charge is 0.495 e. The molecule has 2 amide bonds. The van der Waals surface area contributed by atoms with Crippen molar-refractivity contribution in [1.82, 2.24) is 0 Å². The first-order valence-electron chi connectivity index (χ1n) is 12.2. The number of fused-ring (bicyclic) bond motifs is 5. The Morgan fingerprint density at radius 1 is 0.778 bits per heavy atom. The number of rotatable bonds is 4. The number of amides is 2. The van der Waals surface area contributed by atoms with Crippen LogP contribution in [0.15, 0.2) is 84.5 Å². The quantitative estimate of drug-likeness (QED) is 0.311. The molecule has 2 bridgehead atoms. The van der Waals surface area contributed by atoms with Crippen LogP contribution in [0.4, 0.5) is 5.69 Å². The van der Waals surface area contributed by atoms with E-state index in [4.69, 9.17) is 16.3 Å². The molecule has 0 aromatic heterocycles. The molecule has 4 nitrogen and oxygen atoms in total. The van der Waals surface area contributed by atoms with Crippen LogP contribution in [0.3, 0.4) is 0 Å². The number of nitrogens with zero attached hydrogens (tertiary/aromatic N) is 1. The number of benzene rings is 3. The Labute approximate surface area is 215 Å². The Morgan fingerprint density at radius 2 is 1.28 bits per heavy atom. The lowest BCUT2D eigenvalue weighted by Gasteiger charge is -2.23. The van der Waals surface area contributed by atoms with Gasteiger partial charge in [0, 0.05) is 16.9 Å². The number of anilines is 1. The molecule has 6 rings (SSSR count). The zero-order chi connectivity index (χ0) is 25.1. The van der Waals surface area contributed by atoms with E-state index in [1.807, 2.05) is 0 Å². The molecule has 4 atom stereocenters. The summed E-state index contributed by atoms with van der Waals surface area (Å²) in [7, 11) is 1.53. The Morgan fingerprint density at radius 3 is 1.75 bits per heavy atom. The Bertz CT molecular complexity index is 1370. The highest BCUT2D eigenvalue weighted by Crippen LogP contribution is 2.59. The number of allylic oxidation sites excluding steroid dienone is 3. The van der Waals surface area contributed by atoms with Gasteiger partial charge in [-0.2, -0.15) is 0 Å². The molecule has 36 heavy (non-hydrogen) atoms. The van der Waals surface area contributed by atoms with Crippen molar-refractivity contribution >= 4 is 34.7 Å². The summed E-state index contributed by atoms with van der Waals surface area (Å²) in [4.78, 5) is 29.0. The average Bonchev–Trinajstić information content (AvgIpc) is 3.50. The van der Waals surface area contributed by atoms with Gasteiger partial charge in [0.05, 0.1) is 24.6 Å². The molecular weight excluding hydrogens is 470 g/mol. The smallest absolute Gasteiger partial charge is 0.238 e. The molecule has 0 N–H and O–H groups in total. The monoisotopic (exact) mass is 495 g/mol. The summed E-state index contributed by atoms with van der Waals surface area (Å²) >= 11 is 6.24. The maximum absolute atomic E-state index is 13.8. The fourth-order valence-electron chi connectivity index (χ4n) is 6.11. The highest BCUT2D eigenvalue weighted by molar-refractivity contribution is 6.31. The zero-order valence-electron chi connectivity index (χ0n) is 20.4. The summed E-state index contributed by atoms with van der Waals surface area (Å²) in [5.41, 5.74) is 7.28. The predicted molar refractivity (Wildman–Crippen MR) is 142 cm³/mol. The van der Waals surface area contributed by atoms with Gasteiger partial charge >= 0.3 is 0 Å². The van der Waals surface area contributed by atoms with Crippen LogP contribution in [0.2, 0.25) is 5.02 Å². The van der Waals surface area contributed by atoms with E-state index in [-0.39, 0.29) is 23.7 Å². The molecule has 2 fully saturated rings. The van der Waals surface area contributed by atoms with Crippen LogP contribution >= 0.6 is 11.6 Å². The van der Waals surface area contributed by atoms with Gasteiger partial charge < -0.3 is 4.74 Å². The SMILES string of the molecule is COc1ccc(Cl)cc1N1C(=O)[C@@H]2[C@H](C1=O)[C@H]1C=C[C@H]2C1=C(c1ccc(C)cc1)c1ccc(C)cc1. The minimum Gasteiger partial charge on any atom is -0.495 e. The summed E-state index contributed by atoms with van der Waals surface area (Å²) in [5.74, 6) is -1.06. The second kappa shape index (κ2) is 8.49. The van der Waals surface area contributed by atoms with Crippen molar-refractivity contribution < 1.29 is 14.3 Å². The number of hydrogen-bond acceptors (Lipinski definition) is 3. The van der Waals surface area contributed by atoms with Gasteiger partial charge in [-0.15, -0.1) is 0 Å². The van der Waals surface area contributed by atoms with Crippen molar-refractivity contribution in [2.45, 2.75) is 13.8 Å². The molecule has 1 aliphatic heterocycles. The molecule has 1 heterocycles. The number of ether oxygens (including phenoxy) is 1. The molecule has 3 aromatic carbocycles. The molecule has 1 saturated carbocycles. The van der Waals surface area contributed by atoms with Gasteiger partial charge in [-0.3, -0.25) is 9.59 Å². The number of methoxy groups -OCH3 is 1. The van der Waals surface area contributed by atoms with E-state index in [1.165, 1.54) is 23.1 Å². The molecule has 2 aliphatic carbocycles. The van der Waals surface area contributed by atoms with E-state index < -0.39 is 11.8 Å². The third kappa shape index (κ3) is 3.35. The summed E-state index contributed by atoms with van der Waals surface area (Å²) in [5, 5.41) is 0.450. The van der Waals surface area contributed by atoms with Crippen LogP contribution < -0.4 is 9.64 Å². The van der Waals surface area contributed by atoms with E-state index in [0.717, 1.165) is 22.3 Å². The highest BCUT2D eigenvalue weighted by atomic mass is 35.5. The number of imide groups is 1. The Kier molecular flexibility index (Phi) is 5.38. The van der Waals surface area contributed by atoms with Crippen molar-refractivity contribution in [3.63, 3.8) is 0 Å². The summed E-state index contributed by atoms with van der Waals surface area (Å²) in [6, 6.07) is 22.0. The number of hydrogen-bond donors (Lipinski definition) is 0. The van der Waals surface area contributed by atoms with Crippen molar-refractivity contribution in [1.29, 1.82) is 0 Å². The van der Waals surface area contributed by atoms with Gasteiger partial charge in [0.1, 0.15) is 5.75 Å². The molecule has 1 saturated heterocycles. The second-order valence-electron chi connectivity index (χ2n) is 9.88. The molecule has 3 aliphatic rings. The van der Waals surface area contributed by atoms with E-state index in [2.05, 4.69) is 74.5 Å². The Balaban J connectivity index is 1.49. The second-order valence-corrected chi connectivity index (χ2v) is 10.3. The van der Waals surface area contributed by atoms with E-state index in [0.29, 0.717) is 16.5 Å². The third-order valence-corrected chi connectivity index (χ3v) is 8.00. The molecule has 180 valence electrons. The lowest BCUT2D eigenvalue weighted by molar-refractivity contribution is -0.123. The molecule has 0 unspecified atom stereocenters. The van der Waals surface area contributed by atoms with Crippen LogP contribution in [0.5, 0.6) is 5.75 Å². The lowest BCUT2D eigenvalue weighted by atomic mass is 9.85. The van der Waals surface area contributed by atoms with Crippen LogP contribution in [0.1, 0.15) is 22.3 Å². The normalized spacial score (nSPS) is 24.0. The standard InChI is InChI=1S/C31H26ClNO3/c1-17-4-8-19(9-5-17)26(20-10-6-18(2)7-11-20)27-22-13-14-23(27)29-28(22)30(34)33(31(29)35)24-16-21(32)12-15-25(24)36-3/h4-16,22-23,28-29H,1-3H3/t22-,23-,28-,29+/m0/s1. The van der Waals surface area contributed by atoms with Crippen LogP contribution in [-0.2, 0) is 9.59 Å². The van der Waals surface area contributed by atoms with Gasteiger partial charge in [0.25, 0.3) is 0 Å². The highest BCUT2D eigenvalue weighted by Gasteiger charge is 2.62. The topological polar surface area (TPSA) is 46.6 Å². The van der Waals surface area contributed by atoms with Crippen LogP contribution in [0, 0.1) is 37.5 Å². The van der Waals surface area contributed by atoms with Gasteiger partial charge in [0.2, 0.25) is 11.8 Å². The molecule has 0 spiro atoms. The maximum Gasteiger partial charge on any atom is 0.238 e. The van der Waals surface area contributed by atoms with E-state index >= 15 is 0 Å². The fourth-order valence-corrected chi connectivity index (χ4v) is 6.28. The average molecular weight is 496 g/mol. The summed E-state index contributed by atoms with van der Waals surface area (Å²) in [6.45, 7) is 4.15. The lowest BCUT2D eigenvalue weighted by Crippen LogP contribution is -2.33. The van der Waals surface area contributed by atoms with Gasteiger partial charge in [0.15, 0.2) is 0 Å². The molecule has 0 radical (unpaired) electrons. The van der Waals surface area contributed by atoms with Crippen molar-refractivity contribution in [3.05, 3.63) is 112 Å². The maximum atomic E-state index is 13.8. The predicted octanol–water partition coefficient (Wildman–Crippen LogP) is 6.39. The van der Waals surface area contributed by atoms with Crippen molar-refractivity contribution in [3.8, 4) is 5.75 Å². The number of carbonyl (C=O) groups is 2. The zero-order valence-corrected chi connectivity index (χ0v) is 21.1. The van der Waals surface area contributed by atoms with Gasteiger partial charge in [-0.05, 0) is 54.3 Å². The Hall–Kier alpha value is -3.63. The minimum absolute atomic E-state index is 0.135. The number of aryl methyl sites for hydroxylation is 2.